The zero-order valence-electron chi connectivity index (χ0n) is 17.6. The van der Waals surface area contributed by atoms with E-state index in [4.69, 9.17) is 25.5 Å². The predicted octanol–water partition coefficient (Wildman–Crippen LogP) is 5.67. The van der Waals surface area contributed by atoms with Crippen molar-refractivity contribution in [2.45, 2.75) is 6.92 Å². The molecule has 4 aromatic rings. The maximum atomic E-state index is 12.8. The quantitative estimate of drug-likeness (QED) is 0.408. The number of nitrogens with one attached hydrogen (secondary N) is 2. The van der Waals surface area contributed by atoms with E-state index in [9.17, 15) is 9.59 Å². The molecule has 0 bridgehead atoms. The molecule has 0 atom stereocenters. The molecule has 0 unspecified atom stereocenters. The topological polar surface area (TPSA) is 89.8 Å². The number of amides is 2. The summed E-state index contributed by atoms with van der Waals surface area (Å²) in [4.78, 5) is 25.5. The Morgan fingerprint density at radius 3 is 2.52 bits per heavy atom. The first-order chi connectivity index (χ1) is 16.0. The SMILES string of the molecule is Cc1ccc(NC(=O)c2ccc3c(c2)OCCO3)cc1NC(=O)c1cc2cc(Cl)ccc2o1. The molecule has 166 valence electrons. The number of hydrogen-bond acceptors (Lipinski definition) is 5. The van der Waals surface area contributed by atoms with Crippen LogP contribution in [-0.2, 0) is 0 Å². The summed E-state index contributed by atoms with van der Waals surface area (Å²) in [5.41, 5.74) is 2.93. The highest BCUT2D eigenvalue weighted by atomic mass is 35.5. The molecule has 0 fully saturated rings. The minimum atomic E-state index is -0.402. The van der Waals surface area contributed by atoms with Gasteiger partial charge in [0.05, 0.1) is 0 Å². The fourth-order valence-electron chi connectivity index (χ4n) is 3.53. The molecule has 0 radical (unpaired) electrons. The first-order valence-corrected chi connectivity index (χ1v) is 10.7. The Morgan fingerprint density at radius 1 is 0.848 bits per heavy atom. The number of furan rings is 1. The van der Waals surface area contributed by atoms with E-state index in [-0.39, 0.29) is 11.7 Å². The molecule has 0 saturated carbocycles. The molecule has 8 heteroatoms. The lowest BCUT2D eigenvalue weighted by atomic mass is 10.1. The van der Waals surface area contributed by atoms with Crippen LogP contribution in [0.25, 0.3) is 11.0 Å². The molecule has 1 aliphatic heterocycles. The normalized spacial score (nSPS) is 12.4. The van der Waals surface area contributed by atoms with Crippen LogP contribution in [-0.4, -0.2) is 25.0 Å². The molecule has 0 saturated heterocycles. The molecule has 1 aromatic heterocycles. The first-order valence-electron chi connectivity index (χ1n) is 10.3. The van der Waals surface area contributed by atoms with Gasteiger partial charge in [0.2, 0.25) is 0 Å². The van der Waals surface area contributed by atoms with E-state index in [0.29, 0.717) is 52.3 Å². The number of aryl methyl sites for hydroxylation is 1. The highest BCUT2D eigenvalue weighted by Gasteiger charge is 2.17. The van der Waals surface area contributed by atoms with Crippen LogP contribution in [0, 0.1) is 6.92 Å². The summed E-state index contributed by atoms with van der Waals surface area (Å²) in [5.74, 6) is 0.615. The zero-order valence-corrected chi connectivity index (χ0v) is 18.4. The van der Waals surface area contributed by atoms with Crippen LogP contribution in [0.5, 0.6) is 11.5 Å². The molecule has 33 heavy (non-hydrogen) atoms. The Balaban J connectivity index is 1.33. The smallest absolute Gasteiger partial charge is 0.291 e. The van der Waals surface area contributed by atoms with E-state index >= 15 is 0 Å². The van der Waals surface area contributed by atoms with Crippen molar-refractivity contribution in [1.29, 1.82) is 0 Å². The Bertz CT molecular complexity index is 1400. The number of fused-ring (bicyclic) bond motifs is 2. The Morgan fingerprint density at radius 2 is 1.67 bits per heavy atom. The third-order valence-electron chi connectivity index (χ3n) is 5.25. The summed E-state index contributed by atoms with van der Waals surface area (Å²) in [6, 6.07) is 17.1. The van der Waals surface area contributed by atoms with Crippen molar-refractivity contribution in [3.05, 3.63) is 82.6 Å². The number of ether oxygens (including phenoxy) is 2. The molecule has 2 heterocycles. The summed E-state index contributed by atoms with van der Waals surface area (Å²) in [7, 11) is 0. The number of carbonyl (C=O) groups is 2. The summed E-state index contributed by atoms with van der Waals surface area (Å²) < 4.78 is 16.7. The minimum Gasteiger partial charge on any atom is -0.486 e. The molecule has 0 spiro atoms. The van der Waals surface area contributed by atoms with Gasteiger partial charge in [-0.3, -0.25) is 9.59 Å². The van der Waals surface area contributed by atoms with Gasteiger partial charge in [0.25, 0.3) is 11.8 Å². The van der Waals surface area contributed by atoms with Crippen molar-refractivity contribution in [3.8, 4) is 11.5 Å². The molecule has 2 amide bonds. The summed E-state index contributed by atoms with van der Waals surface area (Å²) in [6.07, 6.45) is 0. The fraction of sp³-hybridized carbons (Fsp3) is 0.120. The van der Waals surface area contributed by atoms with Gasteiger partial charge in [-0.1, -0.05) is 17.7 Å². The number of benzene rings is 3. The summed E-state index contributed by atoms with van der Waals surface area (Å²) in [6.45, 7) is 2.79. The van der Waals surface area contributed by atoms with Crippen LogP contribution < -0.4 is 20.1 Å². The monoisotopic (exact) mass is 462 g/mol. The Kier molecular flexibility index (Phi) is 5.40. The molecule has 0 aliphatic carbocycles. The summed E-state index contributed by atoms with van der Waals surface area (Å²) >= 11 is 6.01. The van der Waals surface area contributed by atoms with E-state index in [1.54, 1.807) is 54.6 Å². The second-order valence-electron chi connectivity index (χ2n) is 7.59. The largest absolute Gasteiger partial charge is 0.486 e. The van der Waals surface area contributed by atoms with Gasteiger partial charge in [0.15, 0.2) is 17.3 Å². The Hall–Kier alpha value is -3.97. The lowest BCUT2D eigenvalue weighted by molar-refractivity contribution is 0.0996. The standard InChI is InChI=1S/C25H19ClN2O5/c1-14-2-5-18(27-24(29)15-3-6-21-22(11-15)32-9-8-31-21)13-19(14)28-25(30)23-12-16-10-17(26)4-7-20(16)33-23/h2-7,10-13H,8-9H2,1H3,(H,27,29)(H,28,30). The van der Waals surface area contributed by atoms with Gasteiger partial charge >= 0.3 is 0 Å². The fourth-order valence-corrected chi connectivity index (χ4v) is 3.71. The lowest BCUT2D eigenvalue weighted by Crippen LogP contribution is -2.17. The number of carbonyl (C=O) groups excluding carboxylic acids is 2. The number of rotatable bonds is 4. The van der Waals surface area contributed by atoms with E-state index in [2.05, 4.69) is 10.6 Å². The van der Waals surface area contributed by atoms with Crippen molar-refractivity contribution in [2.24, 2.45) is 0 Å². The highest BCUT2D eigenvalue weighted by Crippen LogP contribution is 2.31. The average molecular weight is 463 g/mol. The number of halogens is 1. The number of anilines is 2. The van der Waals surface area contributed by atoms with Gasteiger partial charge < -0.3 is 24.5 Å². The van der Waals surface area contributed by atoms with Gasteiger partial charge in [-0.05, 0) is 67.1 Å². The lowest BCUT2D eigenvalue weighted by Gasteiger charge is -2.18. The van der Waals surface area contributed by atoms with Crippen LogP contribution >= 0.6 is 11.6 Å². The number of hydrogen-bond donors (Lipinski definition) is 2. The van der Waals surface area contributed by atoms with Crippen molar-refractivity contribution in [3.63, 3.8) is 0 Å². The molecule has 5 rings (SSSR count). The van der Waals surface area contributed by atoms with Crippen molar-refractivity contribution < 1.29 is 23.5 Å². The maximum Gasteiger partial charge on any atom is 0.291 e. The van der Waals surface area contributed by atoms with Crippen molar-refractivity contribution in [1.82, 2.24) is 0 Å². The first kappa shape index (κ1) is 20.9. The van der Waals surface area contributed by atoms with Crippen molar-refractivity contribution in [2.75, 3.05) is 23.8 Å². The third-order valence-corrected chi connectivity index (χ3v) is 5.49. The van der Waals surface area contributed by atoms with Gasteiger partial charge in [0.1, 0.15) is 18.8 Å². The van der Waals surface area contributed by atoms with Gasteiger partial charge in [-0.15, -0.1) is 0 Å². The minimum absolute atomic E-state index is 0.164. The molecule has 1 aliphatic rings. The maximum absolute atomic E-state index is 12.8. The van der Waals surface area contributed by atoms with E-state index in [0.717, 1.165) is 10.9 Å². The molecule has 7 nitrogen and oxygen atoms in total. The van der Waals surface area contributed by atoms with Crippen LogP contribution in [0.15, 0.2) is 65.1 Å². The van der Waals surface area contributed by atoms with Crippen LogP contribution in [0.2, 0.25) is 5.02 Å². The molecular formula is C25H19ClN2O5. The van der Waals surface area contributed by atoms with Crippen LogP contribution in [0.4, 0.5) is 11.4 Å². The van der Waals surface area contributed by atoms with Gasteiger partial charge in [-0.25, -0.2) is 0 Å². The molecule has 2 N–H and O–H groups in total. The van der Waals surface area contributed by atoms with Gasteiger partial charge in [-0.2, -0.15) is 0 Å². The zero-order chi connectivity index (χ0) is 22.9. The highest BCUT2D eigenvalue weighted by molar-refractivity contribution is 6.31. The third kappa shape index (κ3) is 4.36. The predicted molar refractivity (Wildman–Crippen MR) is 126 cm³/mol. The van der Waals surface area contributed by atoms with Gasteiger partial charge in [0, 0.05) is 27.3 Å². The molecular weight excluding hydrogens is 444 g/mol. The average Bonchev–Trinajstić information content (AvgIpc) is 3.24. The van der Waals surface area contributed by atoms with Crippen LogP contribution in [0.3, 0.4) is 0 Å². The van der Waals surface area contributed by atoms with E-state index in [1.807, 2.05) is 13.0 Å². The second kappa shape index (κ2) is 8.52. The Labute approximate surface area is 194 Å². The van der Waals surface area contributed by atoms with Crippen molar-refractivity contribution >= 4 is 45.8 Å². The van der Waals surface area contributed by atoms with E-state index in [1.165, 1.54) is 0 Å². The molecule has 3 aromatic carbocycles. The summed E-state index contributed by atoms with van der Waals surface area (Å²) in [5, 5.41) is 6.99. The second-order valence-corrected chi connectivity index (χ2v) is 8.03. The van der Waals surface area contributed by atoms with E-state index < -0.39 is 5.91 Å². The van der Waals surface area contributed by atoms with Crippen LogP contribution in [0.1, 0.15) is 26.5 Å².